The highest BCUT2D eigenvalue weighted by Gasteiger charge is 2.25. The van der Waals surface area contributed by atoms with E-state index in [1.807, 2.05) is 0 Å². The fourth-order valence-corrected chi connectivity index (χ4v) is 3.42. The molecular weight excluding hydrogens is 479 g/mol. The Bertz CT molecular complexity index is 1190. The summed E-state index contributed by atoms with van der Waals surface area (Å²) in [5, 5.41) is 3.01. The van der Waals surface area contributed by atoms with E-state index in [0.717, 1.165) is 17.8 Å². The number of pyridine rings is 2. The molecule has 1 N–H and O–H groups in total. The first-order valence-electron chi connectivity index (χ1n) is 10.5. The summed E-state index contributed by atoms with van der Waals surface area (Å²) in [6, 6.07) is 8.15. The van der Waals surface area contributed by atoms with Crippen LogP contribution in [0, 0.1) is 5.82 Å². The zero-order valence-electron chi connectivity index (χ0n) is 18.7. The van der Waals surface area contributed by atoms with Crippen LogP contribution in [0.1, 0.15) is 27.9 Å². The average molecular weight is 501 g/mol. The normalized spacial score (nSPS) is 10.4. The SMILES string of the molecule is CN(CCCOC=O)C(=O)c1c(NC=O)ncc(Oc2cncc(F)c2)c1Cc1ccc(Cl)cc1. The van der Waals surface area contributed by atoms with Crippen molar-refractivity contribution >= 4 is 36.2 Å². The van der Waals surface area contributed by atoms with Crippen LogP contribution < -0.4 is 10.1 Å². The molecule has 0 saturated heterocycles. The first kappa shape index (κ1) is 25.6. The Balaban J connectivity index is 2.07. The second-order valence-electron chi connectivity index (χ2n) is 7.38. The number of nitrogens with zero attached hydrogens (tertiary/aromatic N) is 3. The first-order chi connectivity index (χ1) is 16.9. The van der Waals surface area contributed by atoms with Crippen molar-refractivity contribution in [2.75, 3.05) is 25.5 Å². The van der Waals surface area contributed by atoms with Crippen LogP contribution in [0.2, 0.25) is 5.02 Å². The summed E-state index contributed by atoms with van der Waals surface area (Å²) >= 11 is 6.01. The predicted molar refractivity (Wildman–Crippen MR) is 126 cm³/mol. The lowest BCUT2D eigenvalue weighted by atomic mass is 9.98. The summed E-state index contributed by atoms with van der Waals surface area (Å²) in [4.78, 5) is 44.5. The predicted octanol–water partition coefficient (Wildman–Crippen LogP) is 3.86. The van der Waals surface area contributed by atoms with Crippen molar-refractivity contribution in [2.24, 2.45) is 0 Å². The van der Waals surface area contributed by atoms with E-state index < -0.39 is 11.7 Å². The number of halogens is 2. The Kier molecular flexibility index (Phi) is 9.08. The fourth-order valence-electron chi connectivity index (χ4n) is 3.30. The van der Waals surface area contributed by atoms with Gasteiger partial charge < -0.3 is 19.7 Å². The molecule has 0 fully saturated rings. The molecule has 3 aromatic rings. The van der Waals surface area contributed by atoms with Crippen LogP contribution in [0.5, 0.6) is 11.5 Å². The molecule has 0 aliphatic heterocycles. The van der Waals surface area contributed by atoms with Crippen LogP contribution >= 0.6 is 11.6 Å². The van der Waals surface area contributed by atoms with Crippen molar-refractivity contribution in [1.82, 2.24) is 14.9 Å². The topological polar surface area (TPSA) is 111 Å². The average Bonchev–Trinajstić information content (AvgIpc) is 2.84. The minimum Gasteiger partial charge on any atom is -0.468 e. The summed E-state index contributed by atoms with van der Waals surface area (Å²) < 4.78 is 24.2. The second kappa shape index (κ2) is 12.4. The monoisotopic (exact) mass is 500 g/mol. The Labute approximate surface area is 205 Å². The summed E-state index contributed by atoms with van der Waals surface area (Å²) in [7, 11) is 1.57. The molecule has 3 rings (SSSR count). The first-order valence-corrected chi connectivity index (χ1v) is 10.9. The molecule has 11 heteroatoms. The van der Waals surface area contributed by atoms with Crippen LogP contribution in [0.25, 0.3) is 0 Å². The lowest BCUT2D eigenvalue weighted by Crippen LogP contribution is -2.30. The standard InChI is InChI=1S/C24H22ClFN4O5/c1-30(7-2-8-34-15-32)24(33)22-20(9-16-3-5-17(25)6-4-16)21(13-28-23(22)29-14-31)35-19-10-18(26)11-27-12-19/h3-6,10-15H,2,7-9H2,1H3,(H,28,29,31). The van der Waals surface area contributed by atoms with Gasteiger partial charge in [0, 0.05) is 36.7 Å². The molecule has 182 valence electrons. The quantitative estimate of drug-likeness (QED) is 0.297. The van der Waals surface area contributed by atoms with Crippen molar-refractivity contribution in [3.63, 3.8) is 0 Å². The summed E-state index contributed by atoms with van der Waals surface area (Å²) in [6.45, 7) is 0.753. The van der Waals surface area contributed by atoms with Gasteiger partial charge in [-0.15, -0.1) is 0 Å². The van der Waals surface area contributed by atoms with Crippen molar-refractivity contribution in [3.05, 3.63) is 76.5 Å². The molecule has 9 nitrogen and oxygen atoms in total. The summed E-state index contributed by atoms with van der Waals surface area (Å²) in [5.74, 6) is -0.709. The van der Waals surface area contributed by atoms with Crippen molar-refractivity contribution in [3.8, 4) is 11.5 Å². The van der Waals surface area contributed by atoms with Gasteiger partial charge in [0.2, 0.25) is 6.41 Å². The maximum Gasteiger partial charge on any atom is 0.293 e. The van der Waals surface area contributed by atoms with Crippen LogP contribution in [0.15, 0.2) is 48.9 Å². The van der Waals surface area contributed by atoms with Gasteiger partial charge in [0.1, 0.15) is 23.1 Å². The number of nitrogens with one attached hydrogen (secondary N) is 1. The summed E-state index contributed by atoms with van der Waals surface area (Å²) in [6.07, 6.45) is 4.75. The van der Waals surface area contributed by atoms with Gasteiger partial charge in [-0.25, -0.2) is 9.37 Å². The van der Waals surface area contributed by atoms with Crippen LogP contribution in [-0.2, 0) is 20.7 Å². The number of anilines is 1. The number of amides is 2. The molecule has 0 atom stereocenters. The molecule has 0 bridgehead atoms. The lowest BCUT2D eigenvalue weighted by Gasteiger charge is -2.22. The van der Waals surface area contributed by atoms with Crippen LogP contribution in [0.4, 0.5) is 10.2 Å². The van der Waals surface area contributed by atoms with Gasteiger partial charge in [-0.3, -0.25) is 19.4 Å². The zero-order chi connectivity index (χ0) is 25.2. The van der Waals surface area contributed by atoms with E-state index in [1.54, 1.807) is 31.3 Å². The van der Waals surface area contributed by atoms with E-state index in [1.165, 1.54) is 17.3 Å². The number of benzene rings is 1. The van der Waals surface area contributed by atoms with Gasteiger partial charge in [0.25, 0.3) is 12.4 Å². The number of ether oxygens (including phenoxy) is 2. The van der Waals surface area contributed by atoms with Crippen molar-refractivity contribution in [1.29, 1.82) is 0 Å². The number of rotatable bonds is 12. The number of hydrogen-bond acceptors (Lipinski definition) is 7. The molecule has 0 radical (unpaired) electrons. The molecule has 0 aliphatic rings. The van der Waals surface area contributed by atoms with Crippen molar-refractivity contribution in [2.45, 2.75) is 12.8 Å². The lowest BCUT2D eigenvalue weighted by molar-refractivity contribution is -0.128. The maximum absolute atomic E-state index is 13.7. The zero-order valence-corrected chi connectivity index (χ0v) is 19.5. The van der Waals surface area contributed by atoms with Crippen LogP contribution in [-0.4, -0.2) is 53.9 Å². The molecular formula is C24H22ClFN4O5. The molecule has 0 unspecified atom stereocenters. The van der Waals surface area contributed by atoms with Gasteiger partial charge in [-0.05, 0) is 24.1 Å². The van der Waals surface area contributed by atoms with Gasteiger partial charge >= 0.3 is 0 Å². The number of carbonyl (C=O) groups is 3. The third-order valence-corrected chi connectivity index (χ3v) is 5.18. The van der Waals surface area contributed by atoms with Gasteiger partial charge in [0.05, 0.1) is 30.8 Å². The highest BCUT2D eigenvalue weighted by Crippen LogP contribution is 2.33. The molecule has 1 aromatic carbocycles. The Hall–Kier alpha value is -4.05. The van der Waals surface area contributed by atoms with Gasteiger partial charge in [0.15, 0.2) is 0 Å². The largest absolute Gasteiger partial charge is 0.468 e. The smallest absolute Gasteiger partial charge is 0.293 e. The molecule has 2 amide bonds. The molecule has 35 heavy (non-hydrogen) atoms. The third kappa shape index (κ3) is 6.97. The highest BCUT2D eigenvalue weighted by atomic mass is 35.5. The van der Waals surface area contributed by atoms with Crippen LogP contribution in [0.3, 0.4) is 0 Å². The minimum absolute atomic E-state index is 0.0367. The van der Waals surface area contributed by atoms with E-state index in [0.29, 0.717) is 29.9 Å². The highest BCUT2D eigenvalue weighted by molar-refractivity contribution is 6.30. The van der Waals surface area contributed by atoms with Gasteiger partial charge in [-0.2, -0.15) is 0 Å². The molecule has 0 aliphatic carbocycles. The Morgan fingerprint density at radius 2 is 1.97 bits per heavy atom. The summed E-state index contributed by atoms with van der Waals surface area (Å²) in [5.41, 5.74) is 1.32. The molecule has 2 heterocycles. The van der Waals surface area contributed by atoms with E-state index in [4.69, 9.17) is 16.3 Å². The third-order valence-electron chi connectivity index (χ3n) is 4.93. The molecule has 2 aromatic heterocycles. The van der Waals surface area contributed by atoms with E-state index in [-0.39, 0.29) is 42.5 Å². The van der Waals surface area contributed by atoms with E-state index >= 15 is 0 Å². The minimum atomic E-state index is -0.595. The Morgan fingerprint density at radius 3 is 2.66 bits per heavy atom. The number of aromatic nitrogens is 2. The maximum atomic E-state index is 13.7. The second-order valence-corrected chi connectivity index (χ2v) is 7.81. The number of hydrogen-bond donors (Lipinski definition) is 1. The van der Waals surface area contributed by atoms with E-state index in [9.17, 15) is 18.8 Å². The fraction of sp³-hybridized carbons (Fsp3) is 0.208. The Morgan fingerprint density at radius 1 is 1.20 bits per heavy atom. The molecule has 0 spiro atoms. The molecule has 0 saturated carbocycles. The number of carbonyl (C=O) groups excluding carboxylic acids is 3. The van der Waals surface area contributed by atoms with Gasteiger partial charge in [-0.1, -0.05) is 23.7 Å². The van der Waals surface area contributed by atoms with Crippen molar-refractivity contribution < 1.29 is 28.2 Å². The van der Waals surface area contributed by atoms with E-state index in [2.05, 4.69) is 20.0 Å².